The second-order valence-electron chi connectivity index (χ2n) is 4.08. The lowest BCUT2D eigenvalue weighted by molar-refractivity contribution is 0.127. The number of ether oxygens (including phenoxy) is 1. The quantitative estimate of drug-likeness (QED) is 0.608. The van der Waals surface area contributed by atoms with Gasteiger partial charge in [0.2, 0.25) is 0 Å². The van der Waals surface area contributed by atoms with E-state index in [-0.39, 0.29) is 0 Å². The Morgan fingerprint density at radius 3 is 3.14 bits per heavy atom. The standard InChI is InChI=1S/C13H18O/c1-2-14-13-10-12(13)9-8-11-6-4-3-5-7-11/h6,12-13H,2-5,7,10H2,1H3/t12-,13-/m0/s1. The minimum absolute atomic E-state index is 0.441. The van der Waals surface area contributed by atoms with Gasteiger partial charge in [0, 0.05) is 12.5 Å². The van der Waals surface area contributed by atoms with Gasteiger partial charge in [-0.3, -0.25) is 0 Å². The summed E-state index contributed by atoms with van der Waals surface area (Å²) in [5.41, 5.74) is 1.36. The van der Waals surface area contributed by atoms with Gasteiger partial charge in [-0.05, 0) is 44.6 Å². The van der Waals surface area contributed by atoms with Crippen LogP contribution in [0.2, 0.25) is 0 Å². The zero-order chi connectivity index (χ0) is 9.80. The van der Waals surface area contributed by atoms with E-state index < -0.39 is 0 Å². The highest BCUT2D eigenvalue weighted by atomic mass is 16.5. The molecule has 0 bridgehead atoms. The summed E-state index contributed by atoms with van der Waals surface area (Å²) in [6, 6.07) is 0. The highest BCUT2D eigenvalue weighted by Crippen LogP contribution is 2.33. The molecule has 0 aromatic heterocycles. The molecule has 76 valence electrons. The molecule has 2 aliphatic carbocycles. The summed E-state index contributed by atoms with van der Waals surface area (Å²) >= 11 is 0. The summed E-state index contributed by atoms with van der Waals surface area (Å²) in [6.45, 7) is 2.87. The Kier molecular flexibility index (Phi) is 3.26. The zero-order valence-corrected chi connectivity index (χ0v) is 8.88. The van der Waals surface area contributed by atoms with Crippen molar-refractivity contribution in [3.05, 3.63) is 11.6 Å². The first-order valence-corrected chi connectivity index (χ1v) is 5.72. The van der Waals surface area contributed by atoms with Gasteiger partial charge in [0.05, 0.1) is 6.10 Å². The zero-order valence-electron chi connectivity index (χ0n) is 8.88. The molecule has 1 heteroatoms. The van der Waals surface area contributed by atoms with Crippen LogP contribution in [0.25, 0.3) is 0 Å². The van der Waals surface area contributed by atoms with E-state index in [2.05, 4.69) is 17.9 Å². The fourth-order valence-corrected chi connectivity index (χ4v) is 1.86. The van der Waals surface area contributed by atoms with Crippen molar-refractivity contribution in [2.24, 2.45) is 5.92 Å². The molecule has 2 rings (SSSR count). The first kappa shape index (κ1) is 9.80. The Morgan fingerprint density at radius 1 is 1.50 bits per heavy atom. The van der Waals surface area contributed by atoms with Crippen LogP contribution in [0.5, 0.6) is 0 Å². The van der Waals surface area contributed by atoms with Gasteiger partial charge in [-0.15, -0.1) is 0 Å². The summed E-state index contributed by atoms with van der Waals surface area (Å²) in [5, 5.41) is 0. The molecule has 0 radical (unpaired) electrons. The third-order valence-electron chi connectivity index (χ3n) is 2.82. The third-order valence-corrected chi connectivity index (χ3v) is 2.82. The van der Waals surface area contributed by atoms with E-state index in [1.54, 1.807) is 0 Å². The number of hydrogen-bond donors (Lipinski definition) is 0. The van der Waals surface area contributed by atoms with E-state index in [4.69, 9.17) is 4.74 Å². The van der Waals surface area contributed by atoms with Gasteiger partial charge < -0.3 is 4.74 Å². The van der Waals surface area contributed by atoms with E-state index in [1.165, 1.54) is 31.3 Å². The summed E-state index contributed by atoms with van der Waals surface area (Å²) in [7, 11) is 0. The van der Waals surface area contributed by atoms with Crippen molar-refractivity contribution in [1.82, 2.24) is 0 Å². The lowest BCUT2D eigenvalue weighted by Crippen LogP contribution is -1.94. The van der Waals surface area contributed by atoms with Crippen LogP contribution in [0, 0.1) is 17.8 Å². The molecule has 0 N–H and O–H groups in total. The lowest BCUT2D eigenvalue weighted by atomic mass is 10.00. The van der Waals surface area contributed by atoms with Gasteiger partial charge in [-0.25, -0.2) is 0 Å². The lowest BCUT2D eigenvalue weighted by Gasteiger charge is -2.05. The van der Waals surface area contributed by atoms with Crippen molar-refractivity contribution in [3.8, 4) is 11.8 Å². The molecular weight excluding hydrogens is 172 g/mol. The van der Waals surface area contributed by atoms with Crippen LogP contribution >= 0.6 is 0 Å². The average molecular weight is 190 g/mol. The van der Waals surface area contributed by atoms with Gasteiger partial charge in [-0.2, -0.15) is 0 Å². The molecule has 2 aliphatic rings. The second kappa shape index (κ2) is 4.66. The highest BCUT2D eigenvalue weighted by molar-refractivity contribution is 5.32. The molecule has 1 fully saturated rings. The van der Waals surface area contributed by atoms with Crippen molar-refractivity contribution >= 4 is 0 Å². The number of rotatable bonds is 2. The van der Waals surface area contributed by atoms with Gasteiger partial charge in [-0.1, -0.05) is 17.9 Å². The maximum atomic E-state index is 5.48. The molecule has 0 aliphatic heterocycles. The third kappa shape index (κ3) is 2.62. The minimum atomic E-state index is 0.441. The van der Waals surface area contributed by atoms with Crippen LogP contribution < -0.4 is 0 Å². The average Bonchev–Trinajstić information content (AvgIpc) is 2.96. The fourth-order valence-electron chi connectivity index (χ4n) is 1.86. The van der Waals surface area contributed by atoms with E-state index >= 15 is 0 Å². The minimum Gasteiger partial charge on any atom is -0.377 e. The topological polar surface area (TPSA) is 9.23 Å². The Labute approximate surface area is 86.5 Å². The number of allylic oxidation sites excluding steroid dienone is 2. The number of hydrogen-bond acceptors (Lipinski definition) is 1. The molecule has 14 heavy (non-hydrogen) atoms. The monoisotopic (exact) mass is 190 g/mol. The van der Waals surface area contributed by atoms with Crippen LogP contribution in [0.1, 0.15) is 39.0 Å². The molecular formula is C13H18O. The summed E-state index contributed by atoms with van der Waals surface area (Å²) in [6.07, 6.45) is 8.97. The Balaban J connectivity index is 1.80. The molecule has 0 heterocycles. The van der Waals surface area contributed by atoms with E-state index in [1.807, 2.05) is 6.92 Å². The molecule has 0 aromatic carbocycles. The van der Waals surface area contributed by atoms with Crippen molar-refractivity contribution in [2.75, 3.05) is 6.61 Å². The maximum Gasteiger partial charge on any atom is 0.0726 e. The molecule has 0 spiro atoms. The van der Waals surface area contributed by atoms with Crippen molar-refractivity contribution < 1.29 is 4.74 Å². The highest BCUT2D eigenvalue weighted by Gasteiger charge is 2.36. The first-order chi connectivity index (χ1) is 6.90. The molecule has 2 atom stereocenters. The summed E-state index contributed by atoms with van der Waals surface area (Å²) in [4.78, 5) is 0. The van der Waals surface area contributed by atoms with Crippen LogP contribution in [-0.4, -0.2) is 12.7 Å². The summed E-state index contributed by atoms with van der Waals surface area (Å²) in [5.74, 6) is 7.15. The summed E-state index contributed by atoms with van der Waals surface area (Å²) < 4.78 is 5.48. The van der Waals surface area contributed by atoms with Crippen molar-refractivity contribution in [3.63, 3.8) is 0 Å². The maximum absolute atomic E-state index is 5.48. The molecule has 0 amide bonds. The van der Waals surface area contributed by atoms with E-state index in [0.717, 1.165) is 13.0 Å². The Hall–Kier alpha value is -0.740. The smallest absolute Gasteiger partial charge is 0.0726 e. The predicted molar refractivity (Wildman–Crippen MR) is 57.8 cm³/mol. The Bertz CT molecular complexity index is 279. The fraction of sp³-hybridized carbons (Fsp3) is 0.692. The predicted octanol–water partition coefficient (Wildman–Crippen LogP) is 2.92. The molecule has 1 nitrogen and oxygen atoms in total. The largest absolute Gasteiger partial charge is 0.377 e. The SMILES string of the molecule is CCO[C@H]1C[C@@H]1C#CC1=CCCCC1. The Morgan fingerprint density at radius 2 is 2.43 bits per heavy atom. The first-order valence-electron chi connectivity index (χ1n) is 5.72. The van der Waals surface area contributed by atoms with Gasteiger partial charge >= 0.3 is 0 Å². The van der Waals surface area contributed by atoms with Crippen LogP contribution in [0.3, 0.4) is 0 Å². The van der Waals surface area contributed by atoms with E-state index in [9.17, 15) is 0 Å². The van der Waals surface area contributed by atoms with Crippen molar-refractivity contribution in [1.29, 1.82) is 0 Å². The van der Waals surface area contributed by atoms with Crippen LogP contribution in [0.15, 0.2) is 11.6 Å². The van der Waals surface area contributed by atoms with Gasteiger partial charge in [0.15, 0.2) is 0 Å². The molecule has 0 saturated heterocycles. The molecule has 1 saturated carbocycles. The van der Waals surface area contributed by atoms with Crippen molar-refractivity contribution in [2.45, 2.75) is 45.1 Å². The van der Waals surface area contributed by atoms with Gasteiger partial charge in [0.1, 0.15) is 0 Å². The molecule has 0 aromatic rings. The van der Waals surface area contributed by atoms with Gasteiger partial charge in [0.25, 0.3) is 0 Å². The van der Waals surface area contributed by atoms with Crippen LogP contribution in [-0.2, 0) is 4.74 Å². The molecule has 0 unspecified atom stereocenters. The van der Waals surface area contributed by atoms with E-state index in [0.29, 0.717) is 12.0 Å². The van der Waals surface area contributed by atoms with Crippen LogP contribution in [0.4, 0.5) is 0 Å². The normalized spacial score (nSPS) is 30.2. The second-order valence-corrected chi connectivity index (χ2v) is 4.08.